The molecule has 8 heteroatoms. The van der Waals surface area contributed by atoms with Gasteiger partial charge in [0.25, 0.3) is 0 Å². The molecular formula is C19H25N7O. The molecule has 2 heterocycles. The first-order valence-electron chi connectivity index (χ1n) is 9.10. The summed E-state index contributed by atoms with van der Waals surface area (Å²) in [6.07, 6.45) is 4.36. The van der Waals surface area contributed by atoms with Gasteiger partial charge in [0.15, 0.2) is 5.82 Å². The van der Waals surface area contributed by atoms with Gasteiger partial charge in [-0.2, -0.15) is 5.10 Å². The number of benzene rings is 1. The molecule has 2 amide bonds. The number of anilines is 1. The number of hydrogen-bond donors (Lipinski definition) is 3. The van der Waals surface area contributed by atoms with Gasteiger partial charge in [-0.3, -0.25) is 5.10 Å². The highest BCUT2D eigenvalue weighted by molar-refractivity contribution is 5.89. The van der Waals surface area contributed by atoms with Crippen LogP contribution in [0.5, 0.6) is 0 Å². The molecule has 0 atom stereocenters. The number of H-pyrrole nitrogens is 1. The fourth-order valence-corrected chi connectivity index (χ4v) is 2.72. The van der Waals surface area contributed by atoms with Crippen LogP contribution >= 0.6 is 0 Å². The highest BCUT2D eigenvalue weighted by atomic mass is 16.2. The molecule has 27 heavy (non-hydrogen) atoms. The van der Waals surface area contributed by atoms with Gasteiger partial charge in [-0.15, -0.1) is 0 Å². The van der Waals surface area contributed by atoms with Gasteiger partial charge in [0.2, 0.25) is 0 Å². The molecule has 0 radical (unpaired) electrons. The summed E-state index contributed by atoms with van der Waals surface area (Å²) in [6, 6.07) is 7.19. The number of amides is 2. The lowest BCUT2D eigenvalue weighted by atomic mass is 10.2. The third-order valence-electron chi connectivity index (χ3n) is 4.04. The Kier molecular flexibility index (Phi) is 5.85. The van der Waals surface area contributed by atoms with Crippen molar-refractivity contribution in [3.8, 4) is 11.4 Å². The van der Waals surface area contributed by atoms with Crippen LogP contribution in [0, 0.1) is 5.92 Å². The monoisotopic (exact) mass is 367 g/mol. The van der Waals surface area contributed by atoms with Crippen molar-refractivity contribution in [3.63, 3.8) is 0 Å². The van der Waals surface area contributed by atoms with Gasteiger partial charge in [0.1, 0.15) is 5.82 Å². The van der Waals surface area contributed by atoms with Gasteiger partial charge < -0.3 is 15.2 Å². The van der Waals surface area contributed by atoms with Crippen molar-refractivity contribution >= 4 is 11.7 Å². The fourth-order valence-electron chi connectivity index (χ4n) is 2.72. The molecule has 0 bridgehead atoms. The van der Waals surface area contributed by atoms with Crippen molar-refractivity contribution < 1.29 is 4.79 Å². The Bertz CT molecular complexity index is 897. The zero-order valence-electron chi connectivity index (χ0n) is 15.9. The highest BCUT2D eigenvalue weighted by Gasteiger charge is 2.09. The van der Waals surface area contributed by atoms with Crippen LogP contribution in [-0.2, 0) is 19.5 Å². The second kappa shape index (κ2) is 8.48. The summed E-state index contributed by atoms with van der Waals surface area (Å²) < 4.78 is 2.06. The van der Waals surface area contributed by atoms with Crippen LogP contribution in [0.2, 0.25) is 0 Å². The van der Waals surface area contributed by atoms with Crippen LogP contribution < -0.4 is 10.6 Å². The Morgan fingerprint density at radius 3 is 2.93 bits per heavy atom. The van der Waals surface area contributed by atoms with E-state index < -0.39 is 0 Å². The lowest BCUT2D eigenvalue weighted by molar-refractivity contribution is 0.251. The summed E-state index contributed by atoms with van der Waals surface area (Å²) in [5.74, 6) is 1.96. The van der Waals surface area contributed by atoms with E-state index in [1.165, 1.54) is 0 Å². The quantitative estimate of drug-likeness (QED) is 0.597. The third-order valence-corrected chi connectivity index (χ3v) is 4.04. The zero-order valence-corrected chi connectivity index (χ0v) is 15.9. The van der Waals surface area contributed by atoms with E-state index in [-0.39, 0.29) is 6.03 Å². The standard InChI is InChI=1S/C19H25N7O/c1-4-17-23-18(25-24-17)14-6-5-7-15(8-14)22-19(27)21-10-16-9-20-12-26(16)11-13(2)3/h5-9,12-13H,4,10-11H2,1-3H3,(H2,21,22,27)(H,23,24,25). The third kappa shape index (κ3) is 4.93. The van der Waals surface area contributed by atoms with Crippen molar-refractivity contribution in [1.82, 2.24) is 30.0 Å². The molecule has 2 aromatic heterocycles. The number of aromatic amines is 1. The number of imidazole rings is 1. The summed E-state index contributed by atoms with van der Waals surface area (Å²) in [6.45, 7) is 7.60. The number of nitrogens with one attached hydrogen (secondary N) is 3. The van der Waals surface area contributed by atoms with E-state index in [1.54, 1.807) is 12.5 Å². The molecule has 0 aliphatic carbocycles. The van der Waals surface area contributed by atoms with E-state index in [4.69, 9.17) is 0 Å². The number of nitrogens with zero attached hydrogens (tertiary/aromatic N) is 4. The number of aryl methyl sites for hydroxylation is 1. The molecule has 0 fully saturated rings. The van der Waals surface area contributed by atoms with Gasteiger partial charge in [-0.25, -0.2) is 14.8 Å². The zero-order chi connectivity index (χ0) is 19.2. The van der Waals surface area contributed by atoms with Gasteiger partial charge in [0.05, 0.1) is 18.6 Å². The average molecular weight is 367 g/mol. The van der Waals surface area contributed by atoms with Crippen LogP contribution in [0.25, 0.3) is 11.4 Å². The first-order valence-corrected chi connectivity index (χ1v) is 9.10. The topological polar surface area (TPSA) is 101 Å². The average Bonchev–Trinajstić information content (AvgIpc) is 3.29. The number of urea groups is 1. The maximum Gasteiger partial charge on any atom is 0.319 e. The summed E-state index contributed by atoms with van der Waals surface area (Å²) >= 11 is 0. The normalized spacial score (nSPS) is 11.0. The van der Waals surface area contributed by atoms with E-state index >= 15 is 0 Å². The summed E-state index contributed by atoms with van der Waals surface area (Å²) in [5.41, 5.74) is 2.50. The maximum absolute atomic E-state index is 12.3. The Labute approximate surface area is 158 Å². The van der Waals surface area contributed by atoms with Gasteiger partial charge >= 0.3 is 6.03 Å². The smallest absolute Gasteiger partial charge is 0.319 e. The van der Waals surface area contributed by atoms with E-state index in [0.29, 0.717) is 24.0 Å². The predicted octanol–water partition coefficient (Wildman–Crippen LogP) is 3.21. The molecule has 3 rings (SSSR count). The fraction of sp³-hybridized carbons (Fsp3) is 0.368. The molecule has 1 aromatic carbocycles. The number of carbonyl (C=O) groups excluding carboxylic acids is 1. The van der Waals surface area contributed by atoms with Crippen LogP contribution in [0.4, 0.5) is 10.5 Å². The lowest BCUT2D eigenvalue weighted by Gasteiger charge is -2.12. The largest absolute Gasteiger partial charge is 0.333 e. The number of rotatable bonds is 7. The van der Waals surface area contributed by atoms with E-state index in [0.717, 1.165) is 30.0 Å². The molecular weight excluding hydrogens is 342 g/mol. The first-order chi connectivity index (χ1) is 13.0. The molecule has 3 N–H and O–H groups in total. The SMILES string of the molecule is CCc1nc(-c2cccc(NC(=O)NCc3cncn3CC(C)C)c2)n[nH]1. The number of carbonyl (C=O) groups is 1. The van der Waals surface area contributed by atoms with E-state index in [1.807, 2.05) is 31.2 Å². The van der Waals surface area contributed by atoms with Crippen molar-refractivity contribution in [2.75, 3.05) is 5.32 Å². The van der Waals surface area contributed by atoms with Crippen molar-refractivity contribution in [1.29, 1.82) is 0 Å². The molecule has 8 nitrogen and oxygen atoms in total. The minimum absolute atomic E-state index is 0.270. The lowest BCUT2D eigenvalue weighted by Crippen LogP contribution is -2.29. The molecule has 3 aromatic rings. The molecule has 0 unspecified atom stereocenters. The molecule has 0 aliphatic rings. The van der Waals surface area contributed by atoms with Crippen molar-refractivity contribution in [3.05, 3.63) is 48.3 Å². The Morgan fingerprint density at radius 2 is 2.19 bits per heavy atom. The molecule has 0 aliphatic heterocycles. The Morgan fingerprint density at radius 1 is 1.33 bits per heavy atom. The van der Waals surface area contributed by atoms with Crippen molar-refractivity contribution in [2.45, 2.75) is 40.3 Å². The van der Waals surface area contributed by atoms with E-state index in [2.05, 4.69) is 49.2 Å². The van der Waals surface area contributed by atoms with Gasteiger partial charge in [-0.05, 0) is 18.1 Å². The maximum atomic E-state index is 12.3. The minimum Gasteiger partial charge on any atom is -0.333 e. The Balaban J connectivity index is 1.60. The number of aromatic nitrogens is 5. The molecule has 0 spiro atoms. The second-order valence-electron chi connectivity index (χ2n) is 6.78. The summed E-state index contributed by atoms with van der Waals surface area (Å²) in [4.78, 5) is 20.8. The van der Waals surface area contributed by atoms with Crippen LogP contribution in [0.3, 0.4) is 0 Å². The molecule has 0 saturated carbocycles. The Hall–Kier alpha value is -3.16. The predicted molar refractivity (Wildman–Crippen MR) is 104 cm³/mol. The summed E-state index contributed by atoms with van der Waals surface area (Å²) in [7, 11) is 0. The minimum atomic E-state index is -0.270. The summed E-state index contributed by atoms with van der Waals surface area (Å²) in [5, 5.41) is 12.8. The number of hydrogen-bond acceptors (Lipinski definition) is 4. The van der Waals surface area contributed by atoms with Crippen LogP contribution in [0.15, 0.2) is 36.8 Å². The highest BCUT2D eigenvalue weighted by Crippen LogP contribution is 2.19. The van der Waals surface area contributed by atoms with Crippen molar-refractivity contribution in [2.24, 2.45) is 5.92 Å². The first kappa shape index (κ1) is 18.6. The van der Waals surface area contributed by atoms with Gasteiger partial charge in [-0.1, -0.05) is 32.9 Å². The molecule has 0 saturated heterocycles. The van der Waals surface area contributed by atoms with Gasteiger partial charge in [0, 0.05) is 30.4 Å². The van der Waals surface area contributed by atoms with E-state index in [9.17, 15) is 4.79 Å². The molecule has 142 valence electrons. The second-order valence-corrected chi connectivity index (χ2v) is 6.78. The van der Waals surface area contributed by atoms with Crippen LogP contribution in [0.1, 0.15) is 32.3 Å². The van der Waals surface area contributed by atoms with Crippen LogP contribution in [-0.4, -0.2) is 30.8 Å².